The van der Waals surface area contributed by atoms with E-state index >= 15 is 0 Å². The van der Waals surface area contributed by atoms with Gasteiger partial charge in [0.15, 0.2) is 0 Å². The first-order chi connectivity index (χ1) is 10.0. The molecule has 1 aliphatic rings. The third kappa shape index (κ3) is 2.84. The topological polar surface area (TPSA) is 41.1 Å². The van der Waals surface area contributed by atoms with Crippen molar-refractivity contribution in [1.82, 2.24) is 5.32 Å². The van der Waals surface area contributed by atoms with Crippen molar-refractivity contribution in [3.05, 3.63) is 63.4 Å². The van der Waals surface area contributed by atoms with Crippen molar-refractivity contribution in [2.24, 2.45) is 0 Å². The summed E-state index contributed by atoms with van der Waals surface area (Å²) >= 11 is 3.39. The van der Waals surface area contributed by atoms with Crippen LogP contribution in [0, 0.1) is 12.7 Å². The van der Waals surface area contributed by atoms with Crippen LogP contribution in [0.2, 0.25) is 0 Å². The number of anilines is 1. The van der Waals surface area contributed by atoms with Crippen LogP contribution in [0.15, 0.2) is 40.9 Å². The lowest BCUT2D eigenvalue weighted by Crippen LogP contribution is -2.27. The summed E-state index contributed by atoms with van der Waals surface area (Å²) in [5.74, 6) is -0.370. The Morgan fingerprint density at radius 3 is 2.90 bits per heavy atom. The molecule has 0 spiro atoms. The van der Waals surface area contributed by atoms with Crippen molar-refractivity contribution >= 4 is 27.5 Å². The Kier molecular flexibility index (Phi) is 3.78. The highest BCUT2D eigenvalue weighted by atomic mass is 79.9. The molecule has 3 rings (SSSR count). The second-order valence-electron chi connectivity index (χ2n) is 5.13. The fourth-order valence-electron chi connectivity index (χ4n) is 2.47. The predicted molar refractivity (Wildman–Crippen MR) is 83.5 cm³/mol. The molecule has 2 N–H and O–H groups in total. The number of nitrogens with one attached hydrogen (secondary N) is 2. The Labute approximate surface area is 130 Å². The van der Waals surface area contributed by atoms with E-state index in [2.05, 4.69) is 26.6 Å². The minimum atomic E-state index is -0.407. The maximum absolute atomic E-state index is 13.3. The fourth-order valence-corrected chi connectivity index (χ4v) is 2.86. The number of amides is 1. The number of rotatable bonds is 3. The average Bonchev–Trinajstić information content (AvgIpc) is 2.75. The summed E-state index contributed by atoms with van der Waals surface area (Å²) in [6.07, 6.45) is 0. The average molecular weight is 349 g/mol. The quantitative estimate of drug-likeness (QED) is 0.888. The largest absolute Gasteiger partial charge is 0.324 e. The number of benzene rings is 2. The fraction of sp³-hybridized carbons (Fsp3) is 0.188. The molecule has 0 saturated carbocycles. The molecule has 5 heteroatoms. The summed E-state index contributed by atoms with van der Waals surface area (Å²) in [5, 5.41) is 6.04. The zero-order chi connectivity index (χ0) is 15.0. The summed E-state index contributed by atoms with van der Waals surface area (Å²) in [7, 11) is 0. The molecule has 108 valence electrons. The maximum Gasteiger partial charge on any atom is 0.246 e. The summed E-state index contributed by atoms with van der Waals surface area (Å²) in [6.45, 7) is 2.40. The Morgan fingerprint density at radius 1 is 1.29 bits per heavy atom. The zero-order valence-electron chi connectivity index (χ0n) is 11.4. The molecule has 0 fully saturated rings. The van der Waals surface area contributed by atoms with Crippen LogP contribution < -0.4 is 10.6 Å². The van der Waals surface area contributed by atoms with Gasteiger partial charge in [0.05, 0.1) is 0 Å². The molecule has 1 heterocycles. The van der Waals surface area contributed by atoms with Gasteiger partial charge in [-0.05, 0) is 36.8 Å². The lowest BCUT2D eigenvalue weighted by Gasteiger charge is -2.13. The van der Waals surface area contributed by atoms with Gasteiger partial charge in [-0.25, -0.2) is 4.39 Å². The zero-order valence-corrected chi connectivity index (χ0v) is 13.0. The third-order valence-electron chi connectivity index (χ3n) is 3.54. The van der Waals surface area contributed by atoms with E-state index in [1.54, 1.807) is 6.07 Å². The van der Waals surface area contributed by atoms with Gasteiger partial charge < -0.3 is 5.32 Å². The molecule has 1 aliphatic heterocycles. The van der Waals surface area contributed by atoms with E-state index in [0.717, 1.165) is 26.9 Å². The maximum atomic E-state index is 13.3. The molecule has 0 bridgehead atoms. The summed E-state index contributed by atoms with van der Waals surface area (Å²) < 4.78 is 14.1. The van der Waals surface area contributed by atoms with Gasteiger partial charge in [-0.2, -0.15) is 0 Å². The molecule has 0 saturated heterocycles. The molecule has 2 aromatic rings. The van der Waals surface area contributed by atoms with Crippen LogP contribution in [0.25, 0.3) is 0 Å². The van der Waals surface area contributed by atoms with Crippen LogP contribution in [0.4, 0.5) is 10.1 Å². The molecule has 0 aliphatic carbocycles. The van der Waals surface area contributed by atoms with Gasteiger partial charge in [-0.15, -0.1) is 0 Å². The minimum Gasteiger partial charge on any atom is -0.324 e. The van der Waals surface area contributed by atoms with Crippen LogP contribution in [0.5, 0.6) is 0 Å². The van der Waals surface area contributed by atoms with Gasteiger partial charge >= 0.3 is 0 Å². The van der Waals surface area contributed by atoms with Crippen LogP contribution in [0.3, 0.4) is 0 Å². The number of hydrogen-bond acceptors (Lipinski definition) is 2. The van der Waals surface area contributed by atoms with E-state index in [9.17, 15) is 9.18 Å². The highest BCUT2D eigenvalue weighted by Gasteiger charge is 2.30. The molecule has 1 atom stereocenters. The van der Waals surface area contributed by atoms with Gasteiger partial charge in [0.1, 0.15) is 11.9 Å². The van der Waals surface area contributed by atoms with Crippen molar-refractivity contribution in [1.29, 1.82) is 0 Å². The van der Waals surface area contributed by atoms with Crippen molar-refractivity contribution in [3.63, 3.8) is 0 Å². The third-order valence-corrected chi connectivity index (χ3v) is 4.32. The molecule has 21 heavy (non-hydrogen) atoms. The Morgan fingerprint density at radius 2 is 2.10 bits per heavy atom. The lowest BCUT2D eigenvalue weighted by molar-refractivity contribution is -0.117. The molecule has 1 amide bonds. The van der Waals surface area contributed by atoms with Gasteiger partial charge in [0.25, 0.3) is 0 Å². The second kappa shape index (κ2) is 5.58. The molecule has 2 aromatic carbocycles. The monoisotopic (exact) mass is 348 g/mol. The lowest BCUT2D eigenvalue weighted by atomic mass is 10.1. The first kappa shape index (κ1) is 14.2. The normalized spacial score (nSPS) is 16.7. The number of halogens is 2. The number of hydrogen-bond donors (Lipinski definition) is 2. The van der Waals surface area contributed by atoms with E-state index in [1.165, 1.54) is 12.1 Å². The van der Waals surface area contributed by atoms with Crippen molar-refractivity contribution < 1.29 is 9.18 Å². The number of aryl methyl sites for hydroxylation is 1. The van der Waals surface area contributed by atoms with E-state index in [4.69, 9.17) is 0 Å². The Bertz CT molecular complexity index is 717. The number of fused-ring (bicyclic) bond motifs is 1. The summed E-state index contributed by atoms with van der Waals surface area (Å²) in [6, 6.07) is 9.97. The second-order valence-corrected chi connectivity index (χ2v) is 5.98. The van der Waals surface area contributed by atoms with E-state index < -0.39 is 6.04 Å². The van der Waals surface area contributed by atoms with Gasteiger partial charge in [0.2, 0.25) is 5.91 Å². The summed E-state index contributed by atoms with van der Waals surface area (Å²) in [5.41, 5.74) is 3.65. The Hall–Kier alpha value is -1.72. The molecule has 0 radical (unpaired) electrons. The van der Waals surface area contributed by atoms with E-state index in [0.29, 0.717) is 6.54 Å². The molecular formula is C16H14BrFN2O. The number of carbonyl (C=O) groups is 1. The van der Waals surface area contributed by atoms with Crippen molar-refractivity contribution in [2.75, 3.05) is 5.32 Å². The van der Waals surface area contributed by atoms with Crippen molar-refractivity contribution in [2.45, 2.75) is 19.5 Å². The van der Waals surface area contributed by atoms with Crippen LogP contribution in [-0.2, 0) is 11.3 Å². The Balaban J connectivity index is 1.81. The highest BCUT2D eigenvalue weighted by Crippen LogP contribution is 2.32. The van der Waals surface area contributed by atoms with Crippen LogP contribution in [-0.4, -0.2) is 5.91 Å². The first-order valence-corrected chi connectivity index (χ1v) is 7.42. The van der Waals surface area contributed by atoms with Gasteiger partial charge in [-0.1, -0.05) is 33.6 Å². The van der Waals surface area contributed by atoms with E-state index in [-0.39, 0.29) is 11.7 Å². The SMILES string of the molecule is Cc1ccc2c(c1)C(NCc1cc(F)ccc1Br)C(=O)N2. The van der Waals surface area contributed by atoms with Gasteiger partial charge in [-0.3, -0.25) is 10.1 Å². The highest BCUT2D eigenvalue weighted by molar-refractivity contribution is 9.10. The minimum absolute atomic E-state index is 0.0804. The smallest absolute Gasteiger partial charge is 0.246 e. The molecule has 1 unspecified atom stereocenters. The van der Waals surface area contributed by atoms with E-state index in [1.807, 2.05) is 25.1 Å². The molecule has 3 nitrogen and oxygen atoms in total. The first-order valence-electron chi connectivity index (χ1n) is 6.63. The predicted octanol–water partition coefficient (Wildman–Crippen LogP) is 3.68. The van der Waals surface area contributed by atoms with Gasteiger partial charge in [0, 0.05) is 22.3 Å². The van der Waals surface area contributed by atoms with Crippen molar-refractivity contribution in [3.8, 4) is 0 Å². The summed E-state index contributed by atoms with van der Waals surface area (Å²) in [4.78, 5) is 12.1. The van der Waals surface area contributed by atoms with Crippen LogP contribution in [0.1, 0.15) is 22.7 Å². The molecule has 0 aromatic heterocycles. The number of carbonyl (C=O) groups excluding carboxylic acids is 1. The standard InChI is InChI=1S/C16H14BrFN2O/c1-9-2-5-14-12(6-9)15(16(21)20-14)19-8-10-7-11(18)3-4-13(10)17/h2-7,15,19H,8H2,1H3,(H,20,21). The van der Waals surface area contributed by atoms with Crippen LogP contribution >= 0.6 is 15.9 Å². The molecular weight excluding hydrogens is 335 g/mol.